The first-order valence-corrected chi connectivity index (χ1v) is 7.33. The molecule has 0 aromatic carbocycles. The Kier molecular flexibility index (Phi) is 5.45. The Balaban J connectivity index is 1.61. The molecule has 0 aliphatic carbocycles. The molecule has 0 saturated carbocycles. The number of morpholine rings is 1. The van der Waals surface area contributed by atoms with E-state index in [0.717, 1.165) is 52.4 Å². The van der Waals surface area contributed by atoms with Gasteiger partial charge in [-0.15, -0.1) is 0 Å². The highest BCUT2D eigenvalue weighted by Gasteiger charge is 2.20. The van der Waals surface area contributed by atoms with E-state index in [4.69, 9.17) is 4.74 Å². The molecule has 1 atom stereocenters. The van der Waals surface area contributed by atoms with Crippen LogP contribution in [-0.2, 0) is 9.53 Å². The van der Waals surface area contributed by atoms with Gasteiger partial charge in [0.2, 0.25) is 5.91 Å². The van der Waals surface area contributed by atoms with Gasteiger partial charge in [0.15, 0.2) is 0 Å². The molecular weight excluding hydrogens is 228 g/mol. The van der Waals surface area contributed by atoms with E-state index >= 15 is 0 Å². The van der Waals surface area contributed by atoms with Gasteiger partial charge in [0.05, 0.1) is 13.2 Å². The van der Waals surface area contributed by atoms with Crippen molar-refractivity contribution in [1.29, 1.82) is 0 Å². The number of ether oxygens (including phenoxy) is 1. The van der Waals surface area contributed by atoms with E-state index in [0.29, 0.717) is 18.2 Å². The second-order valence-corrected chi connectivity index (χ2v) is 5.64. The van der Waals surface area contributed by atoms with Crippen molar-refractivity contribution >= 4 is 5.91 Å². The van der Waals surface area contributed by atoms with E-state index < -0.39 is 0 Å². The highest BCUT2D eigenvalue weighted by molar-refractivity contribution is 5.76. The zero-order valence-electron chi connectivity index (χ0n) is 11.6. The number of piperidine rings is 1. The number of hydrogen-bond acceptors (Lipinski definition) is 3. The van der Waals surface area contributed by atoms with Crippen LogP contribution in [-0.4, -0.2) is 61.6 Å². The monoisotopic (exact) mass is 254 g/mol. The number of carbonyl (C=O) groups is 1. The molecule has 2 aliphatic rings. The molecule has 0 aromatic heterocycles. The third-order valence-electron chi connectivity index (χ3n) is 3.98. The Hall–Kier alpha value is -0.610. The van der Waals surface area contributed by atoms with Crippen molar-refractivity contribution in [3.05, 3.63) is 0 Å². The van der Waals surface area contributed by atoms with Gasteiger partial charge in [-0.3, -0.25) is 9.69 Å². The first-order valence-electron chi connectivity index (χ1n) is 7.33. The fourth-order valence-electron chi connectivity index (χ4n) is 2.85. The molecule has 2 heterocycles. The molecule has 4 nitrogen and oxygen atoms in total. The predicted molar refractivity (Wildman–Crippen MR) is 71.5 cm³/mol. The van der Waals surface area contributed by atoms with Crippen molar-refractivity contribution in [2.24, 2.45) is 5.92 Å². The average molecular weight is 254 g/mol. The molecule has 0 bridgehead atoms. The summed E-state index contributed by atoms with van der Waals surface area (Å²) < 4.78 is 5.32. The highest BCUT2D eigenvalue weighted by atomic mass is 16.5. The SMILES string of the molecule is CC1CCCN(C(=O)CCCN2CCOCC2)C1. The number of rotatable bonds is 4. The minimum atomic E-state index is 0.356. The van der Waals surface area contributed by atoms with E-state index in [1.54, 1.807) is 0 Å². The Morgan fingerprint density at radius 2 is 2.06 bits per heavy atom. The van der Waals surface area contributed by atoms with Gasteiger partial charge in [0, 0.05) is 32.6 Å². The third-order valence-corrected chi connectivity index (χ3v) is 3.98. The van der Waals surface area contributed by atoms with Gasteiger partial charge >= 0.3 is 0 Å². The number of carbonyl (C=O) groups excluding carboxylic acids is 1. The van der Waals surface area contributed by atoms with Crippen LogP contribution in [0.2, 0.25) is 0 Å². The summed E-state index contributed by atoms with van der Waals surface area (Å²) in [6.07, 6.45) is 4.15. The van der Waals surface area contributed by atoms with Crippen LogP contribution in [0.15, 0.2) is 0 Å². The fraction of sp³-hybridized carbons (Fsp3) is 0.929. The van der Waals surface area contributed by atoms with E-state index in [9.17, 15) is 4.79 Å². The average Bonchev–Trinajstić information content (AvgIpc) is 2.40. The van der Waals surface area contributed by atoms with Crippen LogP contribution in [0, 0.1) is 5.92 Å². The molecule has 1 amide bonds. The molecule has 2 aliphatic heterocycles. The number of nitrogens with zero attached hydrogens (tertiary/aromatic N) is 2. The molecule has 1 unspecified atom stereocenters. The Morgan fingerprint density at radius 3 is 2.78 bits per heavy atom. The van der Waals surface area contributed by atoms with Gasteiger partial charge in [0.1, 0.15) is 0 Å². The second kappa shape index (κ2) is 7.10. The molecule has 104 valence electrons. The van der Waals surface area contributed by atoms with E-state index in [2.05, 4.69) is 16.7 Å². The topological polar surface area (TPSA) is 32.8 Å². The normalized spacial score (nSPS) is 26.3. The third kappa shape index (κ3) is 4.25. The maximum Gasteiger partial charge on any atom is 0.222 e. The fourth-order valence-corrected chi connectivity index (χ4v) is 2.85. The molecule has 0 spiro atoms. The summed E-state index contributed by atoms with van der Waals surface area (Å²) >= 11 is 0. The lowest BCUT2D eigenvalue weighted by atomic mass is 10.00. The summed E-state index contributed by atoms with van der Waals surface area (Å²) in [7, 11) is 0. The highest BCUT2D eigenvalue weighted by Crippen LogP contribution is 2.16. The van der Waals surface area contributed by atoms with Crippen molar-refractivity contribution in [2.75, 3.05) is 45.9 Å². The van der Waals surface area contributed by atoms with Crippen molar-refractivity contribution in [3.8, 4) is 0 Å². The largest absolute Gasteiger partial charge is 0.379 e. The molecule has 2 fully saturated rings. The molecule has 4 heteroatoms. The lowest BCUT2D eigenvalue weighted by molar-refractivity contribution is -0.133. The van der Waals surface area contributed by atoms with Crippen LogP contribution in [0.3, 0.4) is 0 Å². The first kappa shape index (κ1) is 13.8. The molecule has 0 radical (unpaired) electrons. The molecule has 0 N–H and O–H groups in total. The summed E-state index contributed by atoms with van der Waals surface area (Å²) in [5, 5.41) is 0. The summed E-state index contributed by atoms with van der Waals surface area (Å²) in [4.78, 5) is 16.5. The number of hydrogen-bond donors (Lipinski definition) is 0. The minimum absolute atomic E-state index is 0.356. The van der Waals surface area contributed by atoms with Gasteiger partial charge in [-0.1, -0.05) is 6.92 Å². The van der Waals surface area contributed by atoms with Crippen LogP contribution in [0.4, 0.5) is 0 Å². The summed E-state index contributed by atoms with van der Waals surface area (Å²) in [5.41, 5.74) is 0. The smallest absolute Gasteiger partial charge is 0.222 e. The van der Waals surface area contributed by atoms with E-state index in [-0.39, 0.29) is 0 Å². The second-order valence-electron chi connectivity index (χ2n) is 5.64. The van der Waals surface area contributed by atoms with Crippen molar-refractivity contribution in [2.45, 2.75) is 32.6 Å². The van der Waals surface area contributed by atoms with Gasteiger partial charge in [0.25, 0.3) is 0 Å². The maximum atomic E-state index is 12.1. The summed E-state index contributed by atoms with van der Waals surface area (Å²) in [6.45, 7) is 8.96. The molecule has 0 aromatic rings. The van der Waals surface area contributed by atoms with Gasteiger partial charge in [-0.25, -0.2) is 0 Å². The Labute approximate surface area is 110 Å². The summed E-state index contributed by atoms with van der Waals surface area (Å²) in [6, 6.07) is 0. The van der Waals surface area contributed by atoms with Crippen molar-refractivity contribution < 1.29 is 9.53 Å². The summed E-state index contributed by atoms with van der Waals surface area (Å²) in [5.74, 6) is 1.04. The predicted octanol–water partition coefficient (Wildman–Crippen LogP) is 1.36. The van der Waals surface area contributed by atoms with Crippen LogP contribution in [0.25, 0.3) is 0 Å². The zero-order chi connectivity index (χ0) is 12.8. The number of amides is 1. The molecule has 18 heavy (non-hydrogen) atoms. The van der Waals surface area contributed by atoms with Gasteiger partial charge in [-0.05, 0) is 31.7 Å². The molecule has 2 rings (SSSR count). The van der Waals surface area contributed by atoms with Crippen LogP contribution < -0.4 is 0 Å². The number of likely N-dealkylation sites (tertiary alicyclic amines) is 1. The van der Waals surface area contributed by atoms with Crippen LogP contribution in [0.5, 0.6) is 0 Å². The molecule has 2 saturated heterocycles. The van der Waals surface area contributed by atoms with Crippen LogP contribution in [0.1, 0.15) is 32.6 Å². The quantitative estimate of drug-likeness (QED) is 0.759. The Bertz CT molecular complexity index is 265. The van der Waals surface area contributed by atoms with Crippen molar-refractivity contribution in [1.82, 2.24) is 9.80 Å². The standard InChI is InChI=1S/C14H26N2O2/c1-13-4-2-7-16(12-13)14(17)5-3-6-15-8-10-18-11-9-15/h13H,2-12H2,1H3. The first-order chi connectivity index (χ1) is 8.75. The van der Waals surface area contributed by atoms with E-state index in [1.807, 2.05) is 0 Å². The minimum Gasteiger partial charge on any atom is -0.379 e. The Morgan fingerprint density at radius 1 is 1.28 bits per heavy atom. The molecular formula is C14H26N2O2. The lowest BCUT2D eigenvalue weighted by Gasteiger charge is -2.31. The zero-order valence-corrected chi connectivity index (χ0v) is 11.6. The van der Waals surface area contributed by atoms with Crippen molar-refractivity contribution in [3.63, 3.8) is 0 Å². The van der Waals surface area contributed by atoms with Gasteiger partial charge in [-0.2, -0.15) is 0 Å². The lowest BCUT2D eigenvalue weighted by Crippen LogP contribution is -2.40. The van der Waals surface area contributed by atoms with E-state index in [1.165, 1.54) is 12.8 Å². The van der Waals surface area contributed by atoms with Crippen LogP contribution >= 0.6 is 0 Å². The van der Waals surface area contributed by atoms with Gasteiger partial charge < -0.3 is 9.64 Å². The maximum absolute atomic E-state index is 12.1.